The van der Waals surface area contributed by atoms with Gasteiger partial charge in [-0.25, -0.2) is 0 Å². The lowest BCUT2D eigenvalue weighted by molar-refractivity contribution is 0.0999. The van der Waals surface area contributed by atoms with Crippen molar-refractivity contribution in [1.82, 2.24) is 0 Å². The SMILES string of the molecule is Cc1c(S)cccc1C(N)=O. The summed E-state index contributed by atoms with van der Waals surface area (Å²) >= 11 is 4.15. The van der Waals surface area contributed by atoms with Gasteiger partial charge in [-0.05, 0) is 24.6 Å². The van der Waals surface area contributed by atoms with E-state index in [1.807, 2.05) is 13.0 Å². The van der Waals surface area contributed by atoms with Crippen LogP contribution >= 0.6 is 12.6 Å². The highest BCUT2D eigenvalue weighted by molar-refractivity contribution is 7.80. The Bertz CT molecular complexity index is 296. The third-order valence-electron chi connectivity index (χ3n) is 1.57. The summed E-state index contributed by atoms with van der Waals surface area (Å²) in [5, 5.41) is 0. The molecule has 0 radical (unpaired) electrons. The lowest BCUT2D eigenvalue weighted by atomic mass is 10.1. The molecular weight excluding hydrogens is 158 g/mol. The Labute approximate surface area is 70.8 Å². The summed E-state index contributed by atoms with van der Waals surface area (Å²) in [6.45, 7) is 1.82. The van der Waals surface area contributed by atoms with E-state index in [0.29, 0.717) is 5.56 Å². The molecule has 0 unspecified atom stereocenters. The minimum absolute atomic E-state index is 0.404. The lowest BCUT2D eigenvalue weighted by Crippen LogP contribution is -2.12. The molecule has 1 amide bonds. The van der Waals surface area contributed by atoms with Crippen LogP contribution in [0.3, 0.4) is 0 Å². The van der Waals surface area contributed by atoms with Gasteiger partial charge in [0.2, 0.25) is 5.91 Å². The molecule has 11 heavy (non-hydrogen) atoms. The highest BCUT2D eigenvalue weighted by Crippen LogP contribution is 2.15. The second-order valence-electron chi connectivity index (χ2n) is 2.31. The Morgan fingerprint density at radius 2 is 2.18 bits per heavy atom. The molecule has 0 atom stereocenters. The van der Waals surface area contributed by atoms with Gasteiger partial charge in [0.25, 0.3) is 0 Å². The number of benzene rings is 1. The van der Waals surface area contributed by atoms with Gasteiger partial charge in [-0.15, -0.1) is 12.6 Å². The highest BCUT2D eigenvalue weighted by atomic mass is 32.1. The van der Waals surface area contributed by atoms with E-state index in [1.54, 1.807) is 12.1 Å². The standard InChI is InChI=1S/C8H9NOS/c1-5-6(8(9)10)3-2-4-7(5)11/h2-4,11H,1H3,(H2,9,10). The maximum Gasteiger partial charge on any atom is 0.249 e. The van der Waals surface area contributed by atoms with E-state index in [0.717, 1.165) is 10.5 Å². The third-order valence-corrected chi connectivity index (χ3v) is 2.06. The summed E-state index contributed by atoms with van der Waals surface area (Å²) in [7, 11) is 0. The maximum atomic E-state index is 10.8. The fourth-order valence-electron chi connectivity index (χ4n) is 0.890. The molecule has 2 N–H and O–H groups in total. The zero-order valence-electron chi connectivity index (χ0n) is 6.16. The second kappa shape index (κ2) is 2.96. The number of hydrogen-bond donors (Lipinski definition) is 2. The number of carbonyl (C=O) groups is 1. The molecular formula is C8H9NOS. The number of nitrogens with two attached hydrogens (primary N) is 1. The Morgan fingerprint density at radius 1 is 1.55 bits per heavy atom. The Kier molecular flexibility index (Phi) is 2.19. The van der Waals surface area contributed by atoms with Crippen LogP contribution in [0.15, 0.2) is 23.1 Å². The zero-order chi connectivity index (χ0) is 8.43. The average Bonchev–Trinajstić information content (AvgIpc) is 1.94. The minimum Gasteiger partial charge on any atom is -0.366 e. The first kappa shape index (κ1) is 8.14. The number of carbonyl (C=O) groups excluding carboxylic acids is 1. The van der Waals surface area contributed by atoms with Crippen LogP contribution < -0.4 is 5.73 Å². The molecule has 0 bridgehead atoms. The number of rotatable bonds is 1. The van der Waals surface area contributed by atoms with Crippen molar-refractivity contribution in [2.45, 2.75) is 11.8 Å². The Hall–Kier alpha value is -0.960. The molecule has 1 rings (SSSR count). The number of thiol groups is 1. The maximum absolute atomic E-state index is 10.8. The number of hydrogen-bond acceptors (Lipinski definition) is 2. The molecule has 3 heteroatoms. The van der Waals surface area contributed by atoms with Gasteiger partial charge in [0.05, 0.1) is 0 Å². The largest absolute Gasteiger partial charge is 0.366 e. The molecule has 0 saturated heterocycles. The van der Waals surface area contributed by atoms with Crippen LogP contribution in [0.4, 0.5) is 0 Å². The van der Waals surface area contributed by atoms with Gasteiger partial charge < -0.3 is 5.73 Å². The van der Waals surface area contributed by atoms with Crippen molar-refractivity contribution >= 4 is 18.5 Å². The predicted octanol–water partition coefficient (Wildman–Crippen LogP) is 1.38. The summed E-state index contributed by atoms with van der Waals surface area (Å²) in [5.74, 6) is -0.404. The summed E-state index contributed by atoms with van der Waals surface area (Å²) in [4.78, 5) is 11.6. The van der Waals surface area contributed by atoms with E-state index in [2.05, 4.69) is 12.6 Å². The fourth-order valence-corrected chi connectivity index (χ4v) is 1.10. The quantitative estimate of drug-likeness (QED) is 0.610. The average molecular weight is 167 g/mol. The minimum atomic E-state index is -0.404. The summed E-state index contributed by atoms with van der Waals surface area (Å²) in [6, 6.07) is 5.28. The molecule has 0 spiro atoms. The van der Waals surface area contributed by atoms with Crippen LogP contribution in [0.2, 0.25) is 0 Å². The summed E-state index contributed by atoms with van der Waals surface area (Å²) < 4.78 is 0. The Morgan fingerprint density at radius 3 is 2.64 bits per heavy atom. The summed E-state index contributed by atoms with van der Waals surface area (Å²) in [6.07, 6.45) is 0. The topological polar surface area (TPSA) is 43.1 Å². The normalized spacial score (nSPS) is 9.64. The van der Waals surface area contributed by atoms with Crippen molar-refractivity contribution in [1.29, 1.82) is 0 Å². The lowest BCUT2D eigenvalue weighted by Gasteiger charge is -2.02. The molecule has 0 aliphatic rings. The van der Waals surface area contributed by atoms with Crippen molar-refractivity contribution in [2.75, 3.05) is 0 Å². The predicted molar refractivity (Wildman–Crippen MR) is 46.9 cm³/mol. The molecule has 0 aliphatic heterocycles. The van der Waals surface area contributed by atoms with Gasteiger partial charge in [0.15, 0.2) is 0 Å². The fraction of sp³-hybridized carbons (Fsp3) is 0.125. The van der Waals surface area contributed by atoms with Crippen molar-refractivity contribution in [3.05, 3.63) is 29.3 Å². The molecule has 0 aromatic heterocycles. The van der Waals surface area contributed by atoms with Crippen molar-refractivity contribution < 1.29 is 4.79 Å². The van der Waals surface area contributed by atoms with Gasteiger partial charge in [-0.1, -0.05) is 6.07 Å². The molecule has 2 nitrogen and oxygen atoms in total. The van der Waals surface area contributed by atoms with E-state index in [-0.39, 0.29) is 0 Å². The van der Waals surface area contributed by atoms with Gasteiger partial charge in [-0.2, -0.15) is 0 Å². The van der Waals surface area contributed by atoms with Crippen LogP contribution in [0, 0.1) is 6.92 Å². The van der Waals surface area contributed by atoms with Gasteiger partial charge in [0, 0.05) is 10.5 Å². The third kappa shape index (κ3) is 1.54. The smallest absolute Gasteiger partial charge is 0.249 e. The van der Waals surface area contributed by atoms with Gasteiger partial charge in [-0.3, -0.25) is 4.79 Å². The monoisotopic (exact) mass is 167 g/mol. The highest BCUT2D eigenvalue weighted by Gasteiger charge is 2.04. The van der Waals surface area contributed by atoms with Crippen molar-refractivity contribution in [2.24, 2.45) is 5.73 Å². The van der Waals surface area contributed by atoms with Crippen molar-refractivity contribution in [3.63, 3.8) is 0 Å². The summed E-state index contributed by atoms with van der Waals surface area (Å²) in [5.41, 5.74) is 6.49. The molecule has 0 aliphatic carbocycles. The molecule has 0 saturated carbocycles. The molecule has 58 valence electrons. The molecule has 1 aromatic carbocycles. The van der Waals surface area contributed by atoms with Gasteiger partial charge in [0.1, 0.15) is 0 Å². The number of amides is 1. The van der Waals surface area contributed by atoms with Crippen LogP contribution in [0.5, 0.6) is 0 Å². The molecule has 0 fully saturated rings. The van der Waals surface area contributed by atoms with E-state index < -0.39 is 5.91 Å². The molecule has 1 aromatic rings. The van der Waals surface area contributed by atoms with E-state index in [9.17, 15) is 4.79 Å². The Balaban J connectivity index is 3.27. The number of primary amides is 1. The first-order valence-electron chi connectivity index (χ1n) is 3.21. The zero-order valence-corrected chi connectivity index (χ0v) is 7.06. The first-order chi connectivity index (χ1) is 5.13. The second-order valence-corrected chi connectivity index (χ2v) is 2.80. The first-order valence-corrected chi connectivity index (χ1v) is 3.66. The van der Waals surface area contributed by atoms with Crippen LogP contribution in [-0.2, 0) is 0 Å². The molecule has 0 heterocycles. The van der Waals surface area contributed by atoms with Gasteiger partial charge >= 0.3 is 0 Å². The van der Waals surface area contributed by atoms with E-state index in [4.69, 9.17) is 5.73 Å². The van der Waals surface area contributed by atoms with Crippen LogP contribution in [0.1, 0.15) is 15.9 Å². The van der Waals surface area contributed by atoms with Crippen molar-refractivity contribution in [3.8, 4) is 0 Å². The van der Waals surface area contributed by atoms with Crippen LogP contribution in [0.25, 0.3) is 0 Å². The van der Waals surface area contributed by atoms with E-state index >= 15 is 0 Å². The van der Waals surface area contributed by atoms with Crippen LogP contribution in [-0.4, -0.2) is 5.91 Å². The van der Waals surface area contributed by atoms with E-state index in [1.165, 1.54) is 0 Å².